The Hall–Kier alpha value is -3.23. The van der Waals surface area contributed by atoms with Gasteiger partial charge in [0, 0.05) is 22.2 Å². The Kier molecular flexibility index (Phi) is 5.65. The fourth-order valence-electron chi connectivity index (χ4n) is 5.24. The van der Waals surface area contributed by atoms with E-state index in [-0.39, 0.29) is 16.9 Å². The average Bonchev–Trinajstić information content (AvgIpc) is 3.28. The molecule has 2 heterocycles. The van der Waals surface area contributed by atoms with E-state index in [1.807, 2.05) is 62.4 Å². The van der Waals surface area contributed by atoms with Crippen LogP contribution in [0.3, 0.4) is 0 Å². The van der Waals surface area contributed by atoms with Crippen LogP contribution in [-0.4, -0.2) is 22.9 Å². The van der Waals surface area contributed by atoms with Gasteiger partial charge in [0.2, 0.25) is 0 Å². The standard InChI is InChI=1S/C26H24BrN3O4/c1-15-7-9-17(10-8-15)14-34-22-12-11-18(13-20(22)27)23-16(2)29-26(24(23)30(32)33)19-5-3-4-6-21(19)28-25(26)31/h3-13,16,23-24,29H,14H2,1-2H3,(H,28,31)/t16-,23-,24+,26+/m0/s1. The normalized spacial score (nSPS) is 25.3. The molecule has 8 heteroatoms. The Morgan fingerprint density at radius 1 is 1.12 bits per heavy atom. The number of halogens is 1. The fourth-order valence-corrected chi connectivity index (χ4v) is 5.75. The first-order valence-electron chi connectivity index (χ1n) is 11.1. The number of nitro groups is 1. The van der Waals surface area contributed by atoms with Gasteiger partial charge in [-0.25, -0.2) is 0 Å². The first-order chi connectivity index (χ1) is 16.3. The number of fused-ring (bicyclic) bond motifs is 2. The minimum absolute atomic E-state index is 0.307. The summed E-state index contributed by atoms with van der Waals surface area (Å²) >= 11 is 3.57. The highest BCUT2D eigenvalue weighted by atomic mass is 79.9. The molecular formula is C26H24BrN3O4. The molecule has 0 bridgehead atoms. The zero-order valence-corrected chi connectivity index (χ0v) is 20.3. The van der Waals surface area contributed by atoms with E-state index in [1.54, 1.807) is 18.2 Å². The summed E-state index contributed by atoms with van der Waals surface area (Å²) in [5.41, 5.74) is 2.82. The molecule has 2 N–H and O–H groups in total. The first kappa shape index (κ1) is 22.6. The van der Waals surface area contributed by atoms with Gasteiger partial charge in [-0.15, -0.1) is 0 Å². The van der Waals surface area contributed by atoms with E-state index in [0.717, 1.165) is 11.1 Å². The molecule has 34 heavy (non-hydrogen) atoms. The smallest absolute Gasteiger partial charge is 0.256 e. The van der Waals surface area contributed by atoms with Gasteiger partial charge >= 0.3 is 0 Å². The van der Waals surface area contributed by atoms with Crippen LogP contribution in [0.1, 0.15) is 35.1 Å². The largest absolute Gasteiger partial charge is 0.488 e. The maximum Gasteiger partial charge on any atom is 0.256 e. The van der Waals surface area contributed by atoms with Gasteiger partial charge in [0.05, 0.1) is 10.4 Å². The summed E-state index contributed by atoms with van der Waals surface area (Å²) in [5, 5.41) is 18.6. The molecule has 1 spiro atoms. The summed E-state index contributed by atoms with van der Waals surface area (Å²) in [6, 6.07) is 19.3. The van der Waals surface area contributed by atoms with Crippen LogP contribution in [0.15, 0.2) is 71.2 Å². The molecule has 3 aromatic rings. The molecule has 5 rings (SSSR count). The molecule has 2 aliphatic rings. The van der Waals surface area contributed by atoms with Gasteiger partial charge in [-0.05, 0) is 59.1 Å². The number of carbonyl (C=O) groups is 1. The lowest BCUT2D eigenvalue weighted by molar-refractivity contribution is -0.532. The zero-order chi connectivity index (χ0) is 24.0. The number of benzene rings is 3. The summed E-state index contributed by atoms with van der Waals surface area (Å²) in [6.07, 6.45) is 0. The van der Waals surface area contributed by atoms with Crippen molar-refractivity contribution >= 4 is 27.5 Å². The van der Waals surface area contributed by atoms with E-state index in [9.17, 15) is 14.9 Å². The number of hydrogen-bond acceptors (Lipinski definition) is 5. The minimum atomic E-state index is -1.42. The number of nitrogens with zero attached hydrogens (tertiary/aromatic N) is 1. The first-order valence-corrected chi connectivity index (χ1v) is 11.9. The monoisotopic (exact) mass is 521 g/mol. The third-order valence-electron chi connectivity index (χ3n) is 6.82. The lowest BCUT2D eigenvalue weighted by Gasteiger charge is -2.25. The van der Waals surface area contributed by atoms with Crippen molar-refractivity contribution in [2.75, 3.05) is 5.32 Å². The van der Waals surface area contributed by atoms with Crippen LogP contribution in [0.5, 0.6) is 5.75 Å². The van der Waals surface area contributed by atoms with Crippen molar-refractivity contribution in [1.82, 2.24) is 5.32 Å². The SMILES string of the molecule is Cc1ccc(COc2ccc([C@@H]3[C@H](C)N[C@@]4(C(=O)Nc5ccccc54)[C@@H]3[N+](=O)[O-])cc2Br)cc1. The Balaban J connectivity index is 1.46. The van der Waals surface area contributed by atoms with Crippen LogP contribution in [0.2, 0.25) is 0 Å². The molecule has 3 aromatic carbocycles. The molecule has 0 aromatic heterocycles. The zero-order valence-electron chi connectivity index (χ0n) is 18.7. The Morgan fingerprint density at radius 3 is 2.56 bits per heavy atom. The molecule has 1 amide bonds. The predicted octanol–water partition coefficient (Wildman–Crippen LogP) is 4.90. The lowest BCUT2D eigenvalue weighted by atomic mass is 9.78. The number of aryl methyl sites for hydroxylation is 1. The number of carbonyl (C=O) groups excluding carboxylic acids is 1. The average molecular weight is 522 g/mol. The fraction of sp³-hybridized carbons (Fsp3) is 0.269. The van der Waals surface area contributed by atoms with Crippen molar-refractivity contribution < 1.29 is 14.5 Å². The number of amides is 1. The van der Waals surface area contributed by atoms with Crippen molar-refractivity contribution in [1.29, 1.82) is 0 Å². The second-order valence-electron chi connectivity index (χ2n) is 8.96. The van der Waals surface area contributed by atoms with Crippen LogP contribution < -0.4 is 15.4 Å². The van der Waals surface area contributed by atoms with Gasteiger partial charge < -0.3 is 10.1 Å². The topological polar surface area (TPSA) is 93.5 Å². The number of para-hydroxylation sites is 1. The third kappa shape index (κ3) is 3.58. The number of nitrogens with one attached hydrogen (secondary N) is 2. The summed E-state index contributed by atoms with van der Waals surface area (Å²) in [5.74, 6) is -0.254. The predicted molar refractivity (Wildman–Crippen MR) is 133 cm³/mol. The van der Waals surface area contributed by atoms with Gasteiger partial charge in [-0.1, -0.05) is 54.1 Å². The molecular weight excluding hydrogens is 498 g/mol. The highest BCUT2D eigenvalue weighted by Crippen LogP contribution is 2.50. The molecule has 1 saturated heterocycles. The van der Waals surface area contributed by atoms with E-state index in [1.165, 1.54) is 5.56 Å². The van der Waals surface area contributed by atoms with Gasteiger partial charge in [-0.2, -0.15) is 0 Å². The second-order valence-corrected chi connectivity index (χ2v) is 9.82. The molecule has 0 unspecified atom stereocenters. The number of hydrogen-bond donors (Lipinski definition) is 2. The van der Waals surface area contributed by atoms with Crippen LogP contribution in [0, 0.1) is 17.0 Å². The van der Waals surface area contributed by atoms with E-state index in [2.05, 4.69) is 26.6 Å². The molecule has 1 fully saturated rings. The maximum absolute atomic E-state index is 13.1. The number of anilines is 1. The second kappa shape index (κ2) is 8.52. The van der Waals surface area contributed by atoms with E-state index >= 15 is 0 Å². The van der Waals surface area contributed by atoms with E-state index < -0.39 is 17.5 Å². The third-order valence-corrected chi connectivity index (χ3v) is 7.44. The van der Waals surface area contributed by atoms with Gasteiger partial charge in [-0.3, -0.25) is 20.2 Å². The molecule has 0 aliphatic carbocycles. The van der Waals surface area contributed by atoms with Crippen LogP contribution >= 0.6 is 15.9 Å². The van der Waals surface area contributed by atoms with Gasteiger partial charge in [0.15, 0.2) is 5.54 Å². The summed E-state index contributed by atoms with van der Waals surface area (Å²) in [4.78, 5) is 25.3. The van der Waals surface area contributed by atoms with Crippen molar-refractivity contribution in [2.45, 2.75) is 44.0 Å². The molecule has 0 radical (unpaired) electrons. The van der Waals surface area contributed by atoms with Crippen molar-refractivity contribution in [3.8, 4) is 5.75 Å². The van der Waals surface area contributed by atoms with Crippen molar-refractivity contribution in [2.24, 2.45) is 0 Å². The Bertz CT molecular complexity index is 1280. The molecule has 4 atom stereocenters. The van der Waals surface area contributed by atoms with Crippen molar-refractivity contribution in [3.05, 3.63) is 104 Å². The molecule has 2 aliphatic heterocycles. The minimum Gasteiger partial charge on any atom is -0.488 e. The van der Waals surface area contributed by atoms with Crippen molar-refractivity contribution in [3.63, 3.8) is 0 Å². The van der Waals surface area contributed by atoms with Crippen LogP contribution in [0.25, 0.3) is 0 Å². The van der Waals surface area contributed by atoms with Crippen LogP contribution in [0.4, 0.5) is 5.69 Å². The number of rotatable bonds is 5. The summed E-state index contributed by atoms with van der Waals surface area (Å²) < 4.78 is 6.69. The Labute approximate surface area is 205 Å². The van der Waals surface area contributed by atoms with Gasteiger partial charge in [0.1, 0.15) is 12.4 Å². The highest BCUT2D eigenvalue weighted by Gasteiger charge is 2.67. The number of ether oxygens (including phenoxy) is 1. The molecule has 7 nitrogen and oxygen atoms in total. The summed E-state index contributed by atoms with van der Waals surface area (Å²) in [7, 11) is 0. The van der Waals surface area contributed by atoms with E-state index in [4.69, 9.17) is 4.74 Å². The molecule has 174 valence electrons. The van der Waals surface area contributed by atoms with Gasteiger partial charge in [0.25, 0.3) is 11.9 Å². The Morgan fingerprint density at radius 2 is 1.85 bits per heavy atom. The van der Waals surface area contributed by atoms with E-state index in [0.29, 0.717) is 28.1 Å². The summed E-state index contributed by atoms with van der Waals surface area (Å²) in [6.45, 7) is 4.34. The molecule has 0 saturated carbocycles. The quantitative estimate of drug-likeness (QED) is 0.367. The van der Waals surface area contributed by atoms with Crippen LogP contribution in [-0.2, 0) is 16.9 Å². The highest BCUT2D eigenvalue weighted by molar-refractivity contribution is 9.10. The maximum atomic E-state index is 13.1. The lowest BCUT2D eigenvalue weighted by Crippen LogP contribution is -2.54.